The van der Waals surface area contributed by atoms with E-state index in [-0.39, 0.29) is 6.10 Å². The van der Waals surface area contributed by atoms with E-state index in [2.05, 4.69) is 6.07 Å². The zero-order valence-corrected chi connectivity index (χ0v) is 7.77. The van der Waals surface area contributed by atoms with E-state index in [9.17, 15) is 0 Å². The SMILES string of the molecule is N#Cc1ccc(OC2CCOC2)cc1. The fourth-order valence-electron chi connectivity index (χ4n) is 1.41. The first-order valence-electron chi connectivity index (χ1n) is 4.63. The highest BCUT2D eigenvalue weighted by atomic mass is 16.5. The van der Waals surface area contributed by atoms with Crippen LogP contribution in [0.4, 0.5) is 0 Å². The molecule has 1 aliphatic rings. The predicted molar refractivity (Wildman–Crippen MR) is 51.0 cm³/mol. The van der Waals surface area contributed by atoms with Crippen molar-refractivity contribution < 1.29 is 9.47 Å². The van der Waals surface area contributed by atoms with Crippen LogP contribution in [0, 0.1) is 11.3 Å². The summed E-state index contributed by atoms with van der Waals surface area (Å²) >= 11 is 0. The molecule has 3 nitrogen and oxygen atoms in total. The maximum absolute atomic E-state index is 8.60. The predicted octanol–water partition coefficient (Wildman–Crippen LogP) is 1.73. The van der Waals surface area contributed by atoms with Crippen LogP contribution in [-0.4, -0.2) is 19.3 Å². The van der Waals surface area contributed by atoms with Gasteiger partial charge in [0.15, 0.2) is 0 Å². The smallest absolute Gasteiger partial charge is 0.124 e. The zero-order chi connectivity index (χ0) is 9.80. The molecule has 72 valence electrons. The van der Waals surface area contributed by atoms with Gasteiger partial charge in [-0.2, -0.15) is 5.26 Å². The Bertz CT molecular complexity index is 333. The van der Waals surface area contributed by atoms with Crippen LogP contribution in [-0.2, 0) is 4.74 Å². The van der Waals surface area contributed by atoms with Gasteiger partial charge in [-0.1, -0.05) is 0 Å². The Hall–Kier alpha value is -1.53. The Kier molecular flexibility index (Phi) is 2.66. The van der Waals surface area contributed by atoms with Crippen LogP contribution in [0.25, 0.3) is 0 Å². The van der Waals surface area contributed by atoms with Crippen LogP contribution >= 0.6 is 0 Å². The molecular formula is C11H11NO2. The Labute approximate surface area is 82.9 Å². The summed E-state index contributed by atoms with van der Waals surface area (Å²) in [5.74, 6) is 0.805. The van der Waals surface area contributed by atoms with E-state index < -0.39 is 0 Å². The highest BCUT2D eigenvalue weighted by Crippen LogP contribution is 2.17. The molecular weight excluding hydrogens is 178 g/mol. The van der Waals surface area contributed by atoms with Crippen LogP contribution in [0.15, 0.2) is 24.3 Å². The molecule has 1 aromatic carbocycles. The maximum Gasteiger partial charge on any atom is 0.124 e. The number of nitrogens with zero attached hydrogens (tertiary/aromatic N) is 1. The van der Waals surface area contributed by atoms with Gasteiger partial charge >= 0.3 is 0 Å². The number of hydrogen-bond acceptors (Lipinski definition) is 3. The van der Waals surface area contributed by atoms with Gasteiger partial charge in [0, 0.05) is 6.42 Å². The molecule has 1 aromatic rings. The molecule has 0 radical (unpaired) electrons. The fraction of sp³-hybridized carbons (Fsp3) is 0.364. The summed E-state index contributed by atoms with van der Waals surface area (Å²) in [4.78, 5) is 0. The lowest BCUT2D eigenvalue weighted by Gasteiger charge is -2.11. The summed E-state index contributed by atoms with van der Waals surface area (Å²) < 4.78 is 10.8. The van der Waals surface area contributed by atoms with Crippen molar-refractivity contribution in [3.8, 4) is 11.8 Å². The standard InChI is InChI=1S/C11H11NO2/c12-7-9-1-3-10(4-2-9)14-11-5-6-13-8-11/h1-4,11H,5-6,8H2. The van der Waals surface area contributed by atoms with E-state index in [0.29, 0.717) is 12.2 Å². The molecule has 0 spiro atoms. The minimum Gasteiger partial charge on any atom is -0.488 e. The summed E-state index contributed by atoms with van der Waals surface area (Å²) in [5, 5.41) is 8.60. The molecule has 2 rings (SSSR count). The Morgan fingerprint density at radius 2 is 2.14 bits per heavy atom. The summed E-state index contributed by atoms with van der Waals surface area (Å²) in [6, 6.07) is 9.21. The van der Waals surface area contributed by atoms with Gasteiger partial charge in [-0.25, -0.2) is 0 Å². The van der Waals surface area contributed by atoms with Crippen LogP contribution in [0.1, 0.15) is 12.0 Å². The molecule has 0 aromatic heterocycles. The number of hydrogen-bond donors (Lipinski definition) is 0. The fourth-order valence-corrected chi connectivity index (χ4v) is 1.41. The first-order chi connectivity index (χ1) is 6.88. The second kappa shape index (κ2) is 4.12. The monoisotopic (exact) mass is 189 g/mol. The molecule has 3 heteroatoms. The lowest BCUT2D eigenvalue weighted by atomic mass is 10.2. The molecule has 1 heterocycles. The highest BCUT2D eigenvalue weighted by molar-refractivity contribution is 5.34. The number of benzene rings is 1. The first kappa shape index (κ1) is 9.04. The summed E-state index contributed by atoms with van der Waals surface area (Å²) in [7, 11) is 0. The van der Waals surface area contributed by atoms with Gasteiger partial charge in [-0.3, -0.25) is 0 Å². The lowest BCUT2D eigenvalue weighted by molar-refractivity contribution is 0.141. The number of nitriles is 1. The zero-order valence-electron chi connectivity index (χ0n) is 7.77. The summed E-state index contributed by atoms with van der Waals surface area (Å²) in [5.41, 5.74) is 0.653. The molecule has 14 heavy (non-hydrogen) atoms. The molecule has 1 saturated heterocycles. The molecule has 1 atom stereocenters. The van der Waals surface area contributed by atoms with E-state index in [1.807, 2.05) is 12.1 Å². The van der Waals surface area contributed by atoms with Gasteiger partial charge in [0.05, 0.1) is 24.8 Å². The van der Waals surface area contributed by atoms with Crippen molar-refractivity contribution in [3.05, 3.63) is 29.8 Å². The molecule has 0 N–H and O–H groups in total. The van der Waals surface area contributed by atoms with Crippen LogP contribution in [0.2, 0.25) is 0 Å². The molecule has 0 saturated carbocycles. The van der Waals surface area contributed by atoms with Crippen molar-refractivity contribution in [1.82, 2.24) is 0 Å². The van der Waals surface area contributed by atoms with E-state index in [0.717, 1.165) is 18.8 Å². The Balaban J connectivity index is 1.99. The summed E-state index contributed by atoms with van der Waals surface area (Å²) in [6.07, 6.45) is 1.11. The van der Waals surface area contributed by atoms with Crippen molar-refractivity contribution >= 4 is 0 Å². The van der Waals surface area contributed by atoms with Crippen molar-refractivity contribution in [1.29, 1.82) is 5.26 Å². The third-order valence-electron chi connectivity index (χ3n) is 2.17. The minimum atomic E-state index is 0.169. The van der Waals surface area contributed by atoms with Gasteiger partial charge in [0.1, 0.15) is 11.9 Å². The van der Waals surface area contributed by atoms with Gasteiger partial charge < -0.3 is 9.47 Å². The van der Waals surface area contributed by atoms with E-state index >= 15 is 0 Å². The Morgan fingerprint density at radius 1 is 1.36 bits per heavy atom. The first-order valence-corrected chi connectivity index (χ1v) is 4.63. The van der Waals surface area contributed by atoms with Crippen LogP contribution in [0.3, 0.4) is 0 Å². The molecule has 1 fully saturated rings. The molecule has 0 bridgehead atoms. The Morgan fingerprint density at radius 3 is 2.71 bits per heavy atom. The largest absolute Gasteiger partial charge is 0.488 e. The van der Waals surface area contributed by atoms with Crippen molar-refractivity contribution in [2.45, 2.75) is 12.5 Å². The van der Waals surface area contributed by atoms with E-state index in [1.54, 1.807) is 12.1 Å². The van der Waals surface area contributed by atoms with Crippen molar-refractivity contribution in [2.75, 3.05) is 13.2 Å². The third-order valence-corrected chi connectivity index (χ3v) is 2.17. The van der Waals surface area contributed by atoms with Crippen LogP contribution < -0.4 is 4.74 Å². The summed E-state index contributed by atoms with van der Waals surface area (Å²) in [6.45, 7) is 1.45. The lowest BCUT2D eigenvalue weighted by Crippen LogP contribution is -2.15. The van der Waals surface area contributed by atoms with Gasteiger partial charge in [0.25, 0.3) is 0 Å². The minimum absolute atomic E-state index is 0.169. The topological polar surface area (TPSA) is 42.2 Å². The third kappa shape index (κ3) is 2.04. The number of ether oxygens (including phenoxy) is 2. The highest BCUT2D eigenvalue weighted by Gasteiger charge is 2.16. The second-order valence-electron chi connectivity index (χ2n) is 3.24. The molecule has 1 unspecified atom stereocenters. The molecule has 1 aliphatic heterocycles. The number of rotatable bonds is 2. The quantitative estimate of drug-likeness (QED) is 0.711. The van der Waals surface area contributed by atoms with Crippen LogP contribution in [0.5, 0.6) is 5.75 Å². The molecule has 0 aliphatic carbocycles. The normalized spacial score (nSPS) is 20.4. The maximum atomic E-state index is 8.60. The average Bonchev–Trinajstić information content (AvgIpc) is 2.72. The van der Waals surface area contributed by atoms with Gasteiger partial charge in [-0.15, -0.1) is 0 Å². The van der Waals surface area contributed by atoms with Gasteiger partial charge in [-0.05, 0) is 24.3 Å². The van der Waals surface area contributed by atoms with Crippen molar-refractivity contribution in [3.63, 3.8) is 0 Å². The van der Waals surface area contributed by atoms with Gasteiger partial charge in [0.2, 0.25) is 0 Å². The van der Waals surface area contributed by atoms with Crippen molar-refractivity contribution in [2.24, 2.45) is 0 Å². The second-order valence-corrected chi connectivity index (χ2v) is 3.24. The average molecular weight is 189 g/mol. The van der Waals surface area contributed by atoms with E-state index in [1.165, 1.54) is 0 Å². The molecule has 0 amide bonds. The van der Waals surface area contributed by atoms with E-state index in [4.69, 9.17) is 14.7 Å².